The van der Waals surface area contributed by atoms with Crippen molar-refractivity contribution in [3.8, 4) is 6.07 Å². The molecule has 0 spiro atoms. The van der Waals surface area contributed by atoms with E-state index < -0.39 is 0 Å². The predicted octanol–water partition coefficient (Wildman–Crippen LogP) is 0.501. The van der Waals surface area contributed by atoms with Crippen LogP contribution in [0, 0.1) is 17.2 Å². The Morgan fingerprint density at radius 3 is 2.80 bits per heavy atom. The maximum atomic E-state index is 12.1. The third-order valence-electron chi connectivity index (χ3n) is 3.38. The molecular formula is C11H17N3O. The number of nitrogens with one attached hydrogen (secondary N) is 1. The second-order valence-corrected chi connectivity index (χ2v) is 4.36. The Kier molecular flexibility index (Phi) is 3.22. The van der Waals surface area contributed by atoms with Crippen molar-refractivity contribution in [1.82, 2.24) is 10.2 Å². The fourth-order valence-corrected chi connectivity index (χ4v) is 2.49. The Hall–Kier alpha value is -1.08. The van der Waals surface area contributed by atoms with Crippen molar-refractivity contribution in [3.05, 3.63) is 0 Å². The lowest BCUT2D eigenvalue weighted by Crippen LogP contribution is -2.54. The number of hydrogen-bond acceptors (Lipinski definition) is 3. The van der Waals surface area contributed by atoms with Gasteiger partial charge < -0.3 is 10.2 Å². The maximum absolute atomic E-state index is 12.1. The van der Waals surface area contributed by atoms with Crippen LogP contribution in [0.2, 0.25) is 0 Å². The first-order valence-corrected chi connectivity index (χ1v) is 5.73. The molecule has 1 saturated carbocycles. The van der Waals surface area contributed by atoms with Gasteiger partial charge in [-0.25, -0.2) is 0 Å². The summed E-state index contributed by atoms with van der Waals surface area (Å²) >= 11 is 0. The van der Waals surface area contributed by atoms with E-state index in [2.05, 4.69) is 11.4 Å². The fraction of sp³-hybridized carbons (Fsp3) is 0.818. The lowest BCUT2D eigenvalue weighted by atomic mass is 10.0. The van der Waals surface area contributed by atoms with E-state index in [1.807, 2.05) is 0 Å². The van der Waals surface area contributed by atoms with Crippen molar-refractivity contribution in [2.24, 2.45) is 5.92 Å². The molecule has 1 saturated heterocycles. The molecule has 2 rings (SSSR count). The Bertz CT molecular complexity index is 278. The second-order valence-electron chi connectivity index (χ2n) is 4.36. The number of carbonyl (C=O) groups excluding carboxylic acids is 1. The summed E-state index contributed by atoms with van der Waals surface area (Å²) in [5.41, 5.74) is 0. The number of nitriles is 1. The van der Waals surface area contributed by atoms with Crippen LogP contribution < -0.4 is 5.32 Å². The van der Waals surface area contributed by atoms with E-state index in [-0.39, 0.29) is 17.9 Å². The molecule has 0 aromatic carbocycles. The average Bonchev–Trinajstić information content (AvgIpc) is 2.81. The molecular weight excluding hydrogens is 190 g/mol. The summed E-state index contributed by atoms with van der Waals surface area (Å²) in [6.07, 6.45) is 4.36. The number of piperazine rings is 1. The molecule has 0 aromatic rings. The number of amides is 1. The molecule has 2 aliphatic rings. The Balaban J connectivity index is 2.00. The van der Waals surface area contributed by atoms with Crippen molar-refractivity contribution >= 4 is 5.91 Å². The zero-order valence-corrected chi connectivity index (χ0v) is 8.91. The van der Waals surface area contributed by atoms with Gasteiger partial charge in [0.1, 0.15) is 6.04 Å². The molecule has 1 atom stereocenters. The summed E-state index contributed by atoms with van der Waals surface area (Å²) in [4.78, 5) is 13.9. The molecule has 82 valence electrons. The van der Waals surface area contributed by atoms with Crippen LogP contribution in [0.4, 0.5) is 0 Å². The fourth-order valence-electron chi connectivity index (χ4n) is 2.49. The Morgan fingerprint density at radius 2 is 2.13 bits per heavy atom. The van der Waals surface area contributed by atoms with E-state index >= 15 is 0 Å². The van der Waals surface area contributed by atoms with Crippen LogP contribution in [0.1, 0.15) is 25.7 Å². The number of hydrogen-bond donors (Lipinski definition) is 1. The highest BCUT2D eigenvalue weighted by atomic mass is 16.2. The van der Waals surface area contributed by atoms with Crippen LogP contribution in [-0.2, 0) is 4.79 Å². The van der Waals surface area contributed by atoms with E-state index in [0.29, 0.717) is 13.1 Å². The summed E-state index contributed by atoms with van der Waals surface area (Å²) in [6.45, 7) is 2.12. The van der Waals surface area contributed by atoms with Crippen molar-refractivity contribution < 1.29 is 4.79 Å². The highest BCUT2D eigenvalue weighted by Gasteiger charge is 2.32. The maximum Gasteiger partial charge on any atom is 0.226 e. The summed E-state index contributed by atoms with van der Waals surface area (Å²) in [7, 11) is 0. The van der Waals surface area contributed by atoms with Gasteiger partial charge in [0, 0.05) is 25.6 Å². The highest BCUT2D eigenvalue weighted by Crippen LogP contribution is 2.27. The van der Waals surface area contributed by atoms with Gasteiger partial charge in [-0.05, 0) is 12.8 Å². The third kappa shape index (κ3) is 2.13. The first-order valence-electron chi connectivity index (χ1n) is 5.73. The van der Waals surface area contributed by atoms with E-state index in [4.69, 9.17) is 5.26 Å². The van der Waals surface area contributed by atoms with Crippen LogP contribution in [0.5, 0.6) is 0 Å². The first kappa shape index (κ1) is 10.4. The van der Waals surface area contributed by atoms with Crippen molar-refractivity contribution in [2.45, 2.75) is 31.7 Å². The molecule has 4 nitrogen and oxygen atoms in total. The van der Waals surface area contributed by atoms with E-state index in [1.165, 1.54) is 12.8 Å². The minimum absolute atomic E-state index is 0.193. The van der Waals surface area contributed by atoms with Gasteiger partial charge in [-0.3, -0.25) is 4.79 Å². The zero-order chi connectivity index (χ0) is 10.7. The molecule has 1 aliphatic heterocycles. The number of rotatable bonds is 1. The van der Waals surface area contributed by atoms with Crippen molar-refractivity contribution in [2.75, 3.05) is 19.6 Å². The molecule has 0 bridgehead atoms. The Morgan fingerprint density at radius 1 is 1.40 bits per heavy atom. The van der Waals surface area contributed by atoms with Crippen LogP contribution in [-0.4, -0.2) is 36.5 Å². The normalized spacial score (nSPS) is 27.7. The van der Waals surface area contributed by atoms with Gasteiger partial charge in [-0.1, -0.05) is 12.8 Å². The molecule has 1 aliphatic carbocycles. The summed E-state index contributed by atoms with van der Waals surface area (Å²) in [6, 6.07) is 1.94. The number of carbonyl (C=O) groups is 1. The summed E-state index contributed by atoms with van der Waals surface area (Å²) in [5.74, 6) is 0.402. The van der Waals surface area contributed by atoms with E-state index in [9.17, 15) is 4.79 Å². The predicted molar refractivity (Wildman–Crippen MR) is 55.9 cm³/mol. The number of nitrogens with zero attached hydrogens (tertiary/aromatic N) is 2. The van der Waals surface area contributed by atoms with Crippen LogP contribution in [0.15, 0.2) is 0 Å². The molecule has 1 heterocycles. The lowest BCUT2D eigenvalue weighted by molar-refractivity contribution is -0.137. The monoisotopic (exact) mass is 207 g/mol. The molecule has 0 radical (unpaired) electrons. The molecule has 1 amide bonds. The quantitative estimate of drug-likeness (QED) is 0.681. The lowest BCUT2D eigenvalue weighted by Gasteiger charge is -2.33. The minimum atomic E-state index is -0.258. The topological polar surface area (TPSA) is 56.1 Å². The minimum Gasteiger partial charge on any atom is -0.324 e. The van der Waals surface area contributed by atoms with Gasteiger partial charge in [-0.15, -0.1) is 0 Å². The standard InChI is InChI=1S/C11H17N3O/c12-7-10-8-13-5-6-14(10)11(15)9-3-1-2-4-9/h9-10,13H,1-6,8H2. The molecule has 4 heteroatoms. The Labute approximate surface area is 90.2 Å². The van der Waals surface area contributed by atoms with E-state index in [0.717, 1.165) is 19.4 Å². The molecule has 15 heavy (non-hydrogen) atoms. The van der Waals surface area contributed by atoms with Crippen LogP contribution in [0.3, 0.4) is 0 Å². The highest BCUT2D eigenvalue weighted by molar-refractivity contribution is 5.80. The van der Waals surface area contributed by atoms with Gasteiger partial charge >= 0.3 is 0 Å². The largest absolute Gasteiger partial charge is 0.324 e. The average molecular weight is 207 g/mol. The van der Waals surface area contributed by atoms with Gasteiger partial charge in [0.25, 0.3) is 0 Å². The first-order chi connectivity index (χ1) is 7.33. The second kappa shape index (κ2) is 4.63. The summed E-state index contributed by atoms with van der Waals surface area (Å²) < 4.78 is 0. The summed E-state index contributed by atoms with van der Waals surface area (Å²) in [5, 5.41) is 12.1. The van der Waals surface area contributed by atoms with Crippen molar-refractivity contribution in [1.29, 1.82) is 5.26 Å². The molecule has 1 unspecified atom stereocenters. The smallest absolute Gasteiger partial charge is 0.226 e. The zero-order valence-electron chi connectivity index (χ0n) is 8.91. The SMILES string of the molecule is N#CC1CNCCN1C(=O)C1CCCC1. The van der Waals surface area contributed by atoms with Gasteiger partial charge in [0.05, 0.1) is 6.07 Å². The molecule has 1 N–H and O–H groups in total. The molecule has 0 aromatic heterocycles. The van der Waals surface area contributed by atoms with E-state index in [1.54, 1.807) is 4.90 Å². The third-order valence-corrected chi connectivity index (χ3v) is 3.38. The van der Waals surface area contributed by atoms with Crippen molar-refractivity contribution in [3.63, 3.8) is 0 Å². The van der Waals surface area contributed by atoms with Crippen LogP contribution in [0.25, 0.3) is 0 Å². The van der Waals surface area contributed by atoms with Gasteiger partial charge in [-0.2, -0.15) is 5.26 Å². The van der Waals surface area contributed by atoms with Gasteiger partial charge in [0.15, 0.2) is 0 Å². The van der Waals surface area contributed by atoms with Gasteiger partial charge in [0.2, 0.25) is 5.91 Å². The molecule has 2 fully saturated rings. The van der Waals surface area contributed by atoms with Crippen LogP contribution >= 0.6 is 0 Å².